The van der Waals surface area contributed by atoms with Crippen molar-refractivity contribution in [2.24, 2.45) is 11.8 Å². The van der Waals surface area contributed by atoms with Crippen molar-refractivity contribution in [2.75, 3.05) is 0 Å². The van der Waals surface area contributed by atoms with Crippen molar-refractivity contribution < 1.29 is 0 Å². The summed E-state index contributed by atoms with van der Waals surface area (Å²) in [5.41, 5.74) is 4.61. The molecule has 3 rings (SSSR count). The number of benzene rings is 2. The molecule has 0 saturated heterocycles. The fourth-order valence-electron chi connectivity index (χ4n) is 4.10. The van der Waals surface area contributed by atoms with Crippen LogP contribution in [0.2, 0.25) is 0 Å². The van der Waals surface area contributed by atoms with E-state index in [9.17, 15) is 0 Å². The normalized spacial score (nSPS) is 18.3. The van der Waals surface area contributed by atoms with Crippen molar-refractivity contribution >= 4 is 0 Å². The smallest absolute Gasteiger partial charge is 0.0249 e. The van der Waals surface area contributed by atoms with Crippen LogP contribution in [-0.4, -0.2) is 0 Å². The summed E-state index contributed by atoms with van der Waals surface area (Å²) in [6.07, 6.45) is 11.7. The van der Waals surface area contributed by atoms with Crippen molar-refractivity contribution in [1.82, 2.24) is 0 Å². The number of rotatable bonds is 5. The summed E-state index contributed by atoms with van der Waals surface area (Å²) < 4.78 is 0. The molecule has 1 aliphatic rings. The second-order valence-electron chi connectivity index (χ2n) is 8.40. The van der Waals surface area contributed by atoms with Gasteiger partial charge in [-0.25, -0.2) is 0 Å². The first-order chi connectivity index (χ1) is 14.3. The largest absolute Gasteiger partial charge is 0.0945 e. The maximum atomic E-state index is 3.52. The van der Waals surface area contributed by atoms with Crippen molar-refractivity contribution in [3.05, 3.63) is 70.8 Å². The minimum absolute atomic E-state index is 0.586. The highest BCUT2D eigenvalue weighted by molar-refractivity contribution is 5.46. The molecule has 0 bridgehead atoms. The second-order valence-corrected chi connectivity index (χ2v) is 8.40. The molecule has 0 aromatic heterocycles. The average molecular weight is 383 g/mol. The third-order valence-corrected chi connectivity index (χ3v) is 5.96. The standard InChI is InChI=1S/C29H34/c1-3-5-7-25-10-14-27(15-11-25)17-19-29-22-20-28(21-23-29)18-16-26-12-8-24(6-4-2)9-13-26/h8-9,12-13,20-23,25,27H,3-7,10-11,14-15H2,1-2H3. The van der Waals surface area contributed by atoms with E-state index in [1.54, 1.807) is 0 Å². The van der Waals surface area contributed by atoms with Crippen LogP contribution in [0, 0.1) is 35.5 Å². The van der Waals surface area contributed by atoms with Gasteiger partial charge in [0.1, 0.15) is 0 Å². The van der Waals surface area contributed by atoms with Crippen molar-refractivity contribution in [1.29, 1.82) is 0 Å². The van der Waals surface area contributed by atoms with Gasteiger partial charge in [0, 0.05) is 22.6 Å². The Morgan fingerprint density at radius 2 is 1.24 bits per heavy atom. The average Bonchev–Trinajstić information content (AvgIpc) is 2.77. The predicted octanol–water partition coefficient (Wildman–Crippen LogP) is 7.39. The molecule has 0 atom stereocenters. The molecule has 2 aromatic rings. The Morgan fingerprint density at radius 1 is 0.690 bits per heavy atom. The Kier molecular flexibility index (Phi) is 8.46. The van der Waals surface area contributed by atoms with Gasteiger partial charge in [-0.2, -0.15) is 0 Å². The zero-order valence-electron chi connectivity index (χ0n) is 18.1. The van der Waals surface area contributed by atoms with E-state index >= 15 is 0 Å². The van der Waals surface area contributed by atoms with Crippen LogP contribution in [0.3, 0.4) is 0 Å². The summed E-state index contributed by atoms with van der Waals surface area (Å²) in [5, 5.41) is 0. The van der Waals surface area contributed by atoms with Gasteiger partial charge < -0.3 is 0 Å². The molecule has 0 spiro atoms. The van der Waals surface area contributed by atoms with E-state index in [1.165, 1.54) is 56.9 Å². The third kappa shape index (κ3) is 7.15. The molecule has 0 aliphatic heterocycles. The van der Waals surface area contributed by atoms with Crippen LogP contribution in [0.1, 0.15) is 87.5 Å². The molecule has 1 saturated carbocycles. The maximum Gasteiger partial charge on any atom is 0.0249 e. The summed E-state index contributed by atoms with van der Waals surface area (Å²) in [6.45, 7) is 4.50. The lowest BCUT2D eigenvalue weighted by Crippen LogP contribution is -2.13. The lowest BCUT2D eigenvalue weighted by molar-refractivity contribution is 0.296. The topological polar surface area (TPSA) is 0 Å². The monoisotopic (exact) mass is 382 g/mol. The van der Waals surface area contributed by atoms with Gasteiger partial charge in [0.25, 0.3) is 0 Å². The molecule has 29 heavy (non-hydrogen) atoms. The molecule has 1 fully saturated rings. The van der Waals surface area contributed by atoms with Gasteiger partial charge >= 0.3 is 0 Å². The SMILES string of the molecule is CCCCC1CCC(C#Cc2ccc(C#Cc3ccc(CCC)cc3)cc2)CC1. The Labute approximate surface area is 178 Å². The lowest BCUT2D eigenvalue weighted by Gasteiger charge is -2.25. The van der Waals surface area contributed by atoms with Crippen molar-refractivity contribution in [3.8, 4) is 23.7 Å². The van der Waals surface area contributed by atoms with E-state index < -0.39 is 0 Å². The zero-order valence-corrected chi connectivity index (χ0v) is 18.1. The van der Waals surface area contributed by atoms with Crippen LogP contribution in [0.15, 0.2) is 48.5 Å². The first-order valence-electron chi connectivity index (χ1n) is 11.5. The Bertz CT molecular complexity index is 854. The van der Waals surface area contributed by atoms with E-state index in [0.717, 1.165) is 29.0 Å². The second kappa shape index (κ2) is 11.5. The molecule has 0 nitrogen and oxygen atoms in total. The minimum atomic E-state index is 0.586. The van der Waals surface area contributed by atoms with Gasteiger partial charge in [-0.15, -0.1) is 0 Å². The molecule has 0 N–H and O–H groups in total. The fourth-order valence-corrected chi connectivity index (χ4v) is 4.10. The van der Waals surface area contributed by atoms with Crippen LogP contribution < -0.4 is 0 Å². The summed E-state index contributed by atoms with van der Waals surface area (Å²) >= 11 is 0. The van der Waals surface area contributed by atoms with E-state index in [1.807, 2.05) is 0 Å². The van der Waals surface area contributed by atoms with Gasteiger partial charge in [0.2, 0.25) is 0 Å². The summed E-state index contributed by atoms with van der Waals surface area (Å²) in [5.74, 6) is 15.0. The molecular formula is C29H34. The molecule has 0 heteroatoms. The van der Waals surface area contributed by atoms with Gasteiger partial charge in [-0.05, 0) is 80.0 Å². The highest BCUT2D eigenvalue weighted by Crippen LogP contribution is 2.31. The molecule has 0 unspecified atom stereocenters. The molecule has 150 valence electrons. The molecule has 2 aromatic carbocycles. The van der Waals surface area contributed by atoms with E-state index in [2.05, 4.69) is 86.1 Å². The minimum Gasteiger partial charge on any atom is -0.0945 e. The van der Waals surface area contributed by atoms with Crippen LogP contribution in [-0.2, 0) is 6.42 Å². The number of hydrogen-bond donors (Lipinski definition) is 0. The van der Waals surface area contributed by atoms with Crippen LogP contribution in [0.5, 0.6) is 0 Å². The molecule has 0 amide bonds. The van der Waals surface area contributed by atoms with Gasteiger partial charge in [-0.1, -0.05) is 75.3 Å². The quantitative estimate of drug-likeness (QED) is 0.473. The molecule has 0 heterocycles. The van der Waals surface area contributed by atoms with Crippen molar-refractivity contribution in [2.45, 2.75) is 71.6 Å². The van der Waals surface area contributed by atoms with Gasteiger partial charge in [0.15, 0.2) is 0 Å². The van der Waals surface area contributed by atoms with E-state index in [0.29, 0.717) is 5.92 Å². The maximum absolute atomic E-state index is 3.52. The summed E-state index contributed by atoms with van der Waals surface area (Å²) in [4.78, 5) is 0. The first kappa shape index (κ1) is 21.3. The number of hydrogen-bond acceptors (Lipinski definition) is 0. The number of unbranched alkanes of at least 4 members (excludes halogenated alkanes) is 1. The molecule has 0 radical (unpaired) electrons. The van der Waals surface area contributed by atoms with E-state index in [4.69, 9.17) is 0 Å². The third-order valence-electron chi connectivity index (χ3n) is 5.96. The van der Waals surface area contributed by atoms with Crippen LogP contribution >= 0.6 is 0 Å². The first-order valence-corrected chi connectivity index (χ1v) is 11.5. The number of aryl methyl sites for hydroxylation is 1. The predicted molar refractivity (Wildman–Crippen MR) is 125 cm³/mol. The summed E-state index contributed by atoms with van der Waals surface area (Å²) in [7, 11) is 0. The Morgan fingerprint density at radius 3 is 1.79 bits per heavy atom. The zero-order chi connectivity index (χ0) is 20.3. The Balaban J connectivity index is 1.52. The highest BCUT2D eigenvalue weighted by Gasteiger charge is 2.19. The lowest BCUT2D eigenvalue weighted by atomic mass is 9.80. The Hall–Kier alpha value is -2.44. The van der Waals surface area contributed by atoms with Crippen molar-refractivity contribution in [3.63, 3.8) is 0 Å². The summed E-state index contributed by atoms with van der Waals surface area (Å²) in [6, 6.07) is 17.0. The van der Waals surface area contributed by atoms with E-state index in [-0.39, 0.29) is 0 Å². The van der Waals surface area contributed by atoms with Crippen LogP contribution in [0.25, 0.3) is 0 Å². The van der Waals surface area contributed by atoms with Gasteiger partial charge in [-0.3, -0.25) is 0 Å². The fraction of sp³-hybridized carbons (Fsp3) is 0.448. The molecular weight excluding hydrogens is 348 g/mol. The van der Waals surface area contributed by atoms with Crippen LogP contribution in [0.4, 0.5) is 0 Å². The molecule has 1 aliphatic carbocycles. The van der Waals surface area contributed by atoms with Gasteiger partial charge in [0.05, 0.1) is 0 Å². The highest BCUT2D eigenvalue weighted by atomic mass is 14.2.